The van der Waals surface area contributed by atoms with Crippen molar-refractivity contribution in [2.75, 3.05) is 0 Å². The largest absolute Gasteiger partial charge is 0.573 e. The number of rotatable bonds is 4. The quantitative estimate of drug-likeness (QED) is 0.468. The van der Waals surface area contributed by atoms with Gasteiger partial charge in [0.05, 0.1) is 17.1 Å². The highest BCUT2D eigenvalue weighted by Gasteiger charge is 2.36. The van der Waals surface area contributed by atoms with E-state index in [9.17, 15) is 30.4 Å². The molecular weight excluding hydrogens is 356 g/mol. The monoisotopic (exact) mass is 359 g/mol. The lowest BCUT2D eigenvalue weighted by Gasteiger charge is -2.16. The number of aromatic nitrogens is 1. The van der Waals surface area contributed by atoms with Gasteiger partial charge >= 0.3 is 6.36 Å². The van der Waals surface area contributed by atoms with Crippen LogP contribution in [0, 0.1) is 0 Å². The third-order valence-electron chi connectivity index (χ3n) is 1.88. The van der Waals surface area contributed by atoms with Gasteiger partial charge in [0.1, 0.15) is 0 Å². The van der Waals surface area contributed by atoms with E-state index >= 15 is 0 Å². The maximum Gasteiger partial charge on any atom is 0.573 e. The summed E-state index contributed by atoms with van der Waals surface area (Å²) in [4.78, 5) is 3.18. The molecule has 0 aromatic carbocycles. The summed E-state index contributed by atoms with van der Waals surface area (Å²) in [7, 11) is 0.389. The van der Waals surface area contributed by atoms with Crippen molar-refractivity contribution in [2.24, 2.45) is 0 Å². The van der Waals surface area contributed by atoms with Crippen molar-refractivity contribution in [2.45, 2.75) is 23.7 Å². The van der Waals surface area contributed by atoms with Crippen molar-refractivity contribution in [1.82, 2.24) is 4.98 Å². The summed E-state index contributed by atoms with van der Waals surface area (Å²) in [5.74, 6) is -2.13. The zero-order valence-corrected chi connectivity index (χ0v) is 11.4. The predicted molar refractivity (Wildman–Crippen MR) is 58.5 cm³/mol. The minimum absolute atomic E-state index is 0.199. The molecule has 20 heavy (non-hydrogen) atoms. The maximum atomic E-state index is 12.7. The second-order valence-corrected chi connectivity index (χ2v) is 6.03. The predicted octanol–water partition coefficient (Wildman–Crippen LogP) is 3.58. The summed E-state index contributed by atoms with van der Waals surface area (Å²) < 4.78 is 87.4. The van der Waals surface area contributed by atoms with Gasteiger partial charge in [-0.15, -0.1) is 24.8 Å². The highest BCUT2D eigenvalue weighted by atomic mass is 35.7. The third-order valence-corrected chi connectivity index (χ3v) is 3.31. The zero-order valence-electron chi connectivity index (χ0n) is 9.09. The van der Waals surface area contributed by atoms with Crippen LogP contribution >= 0.6 is 22.3 Å². The number of halogens is 7. The number of hydrogen-bond donors (Lipinski definition) is 0. The lowest BCUT2D eigenvalue weighted by Crippen LogP contribution is -2.20. The fourth-order valence-electron chi connectivity index (χ4n) is 1.19. The van der Waals surface area contributed by atoms with Crippen LogP contribution in [0.2, 0.25) is 0 Å². The fourth-order valence-corrected chi connectivity index (χ4v) is 2.10. The van der Waals surface area contributed by atoms with Gasteiger partial charge in [0.2, 0.25) is 0 Å². The Morgan fingerprint density at radius 3 is 2.25 bits per heavy atom. The third kappa shape index (κ3) is 4.32. The summed E-state index contributed by atoms with van der Waals surface area (Å²) in [5, 5.41) is -1.04. The summed E-state index contributed by atoms with van der Waals surface area (Å²) in [5.41, 5.74) is -2.15. The Kier molecular flexibility index (Phi) is 5.03. The molecule has 4 nitrogen and oxygen atoms in total. The number of alkyl halides is 6. The number of ether oxygens (including phenoxy) is 1. The van der Waals surface area contributed by atoms with Crippen LogP contribution in [-0.4, -0.2) is 19.8 Å². The van der Waals surface area contributed by atoms with E-state index < -0.39 is 49.8 Å². The second-order valence-electron chi connectivity index (χ2n) is 3.25. The Morgan fingerprint density at radius 2 is 1.90 bits per heavy atom. The number of pyridine rings is 1. The van der Waals surface area contributed by atoms with Crippen LogP contribution in [0.25, 0.3) is 0 Å². The summed E-state index contributed by atoms with van der Waals surface area (Å²) >= 11 is 5.27. The van der Waals surface area contributed by atoms with Gasteiger partial charge in [0, 0.05) is 10.7 Å². The molecule has 0 aliphatic carbocycles. The zero-order chi connectivity index (χ0) is 15.7. The molecule has 0 aliphatic heterocycles. The molecule has 1 aromatic rings. The summed E-state index contributed by atoms with van der Waals surface area (Å²) in [6.45, 7) is 0. The maximum absolute atomic E-state index is 12.7. The molecule has 0 aliphatic rings. The molecule has 1 aromatic heterocycles. The average molecular weight is 360 g/mol. The standard InChI is InChI=1S/C8H4Cl2F5NO3S/c9-2-4-6(19-8(13,14)15)3(7(11)12)1-5(16-4)20(10,17)18/h1,7H,2H2. The van der Waals surface area contributed by atoms with Crippen molar-refractivity contribution >= 4 is 31.3 Å². The first kappa shape index (κ1) is 17.2. The molecule has 0 saturated carbocycles. The van der Waals surface area contributed by atoms with E-state index in [1.54, 1.807) is 0 Å². The van der Waals surface area contributed by atoms with Gasteiger partial charge in [0.25, 0.3) is 15.5 Å². The highest BCUT2D eigenvalue weighted by Crippen LogP contribution is 2.37. The Labute approximate surface area is 118 Å². The Balaban J connectivity index is 3.57. The second kappa shape index (κ2) is 5.86. The van der Waals surface area contributed by atoms with E-state index in [0.29, 0.717) is 0 Å². The van der Waals surface area contributed by atoms with Crippen molar-refractivity contribution in [1.29, 1.82) is 0 Å². The first-order valence-corrected chi connectivity index (χ1v) is 7.38. The van der Waals surface area contributed by atoms with E-state index in [4.69, 9.17) is 22.3 Å². The van der Waals surface area contributed by atoms with Gasteiger partial charge in [-0.1, -0.05) is 0 Å². The van der Waals surface area contributed by atoms with Gasteiger partial charge in [-0.2, -0.15) is 0 Å². The molecular formula is C8H4Cl2F5NO3S. The summed E-state index contributed by atoms with van der Waals surface area (Å²) in [6, 6.07) is 0.199. The fraction of sp³-hybridized carbons (Fsp3) is 0.375. The molecule has 114 valence electrons. The van der Waals surface area contributed by atoms with Crippen LogP contribution in [0.1, 0.15) is 17.7 Å². The first-order valence-electron chi connectivity index (χ1n) is 4.54. The molecule has 12 heteroatoms. The van der Waals surface area contributed by atoms with Gasteiger partial charge in [-0.25, -0.2) is 22.2 Å². The number of nitrogens with zero attached hydrogens (tertiary/aromatic N) is 1. The Morgan fingerprint density at radius 1 is 1.35 bits per heavy atom. The van der Waals surface area contributed by atoms with Crippen LogP contribution in [0.4, 0.5) is 22.0 Å². The molecule has 0 saturated heterocycles. The molecule has 0 bridgehead atoms. The molecule has 0 unspecified atom stereocenters. The van der Waals surface area contributed by atoms with Crippen molar-refractivity contribution < 1.29 is 35.1 Å². The van der Waals surface area contributed by atoms with Crippen LogP contribution < -0.4 is 4.74 Å². The van der Waals surface area contributed by atoms with Crippen molar-refractivity contribution in [3.63, 3.8) is 0 Å². The van der Waals surface area contributed by atoms with Gasteiger partial charge in [0.15, 0.2) is 10.8 Å². The molecule has 0 spiro atoms. The van der Waals surface area contributed by atoms with E-state index in [1.807, 2.05) is 0 Å². The van der Waals surface area contributed by atoms with Crippen LogP contribution in [0.5, 0.6) is 5.75 Å². The van der Waals surface area contributed by atoms with Crippen LogP contribution in [-0.2, 0) is 14.9 Å². The molecule has 1 rings (SSSR count). The van der Waals surface area contributed by atoms with E-state index in [1.165, 1.54) is 0 Å². The first-order chi connectivity index (χ1) is 8.95. The van der Waals surface area contributed by atoms with Gasteiger partial charge < -0.3 is 4.74 Å². The van der Waals surface area contributed by atoms with Crippen LogP contribution in [0.3, 0.4) is 0 Å². The lowest BCUT2D eigenvalue weighted by molar-refractivity contribution is -0.275. The normalized spacial score (nSPS) is 12.8. The highest BCUT2D eigenvalue weighted by molar-refractivity contribution is 8.13. The molecule has 0 atom stereocenters. The van der Waals surface area contributed by atoms with E-state index in [0.717, 1.165) is 0 Å². The Hall–Kier alpha value is -0.870. The number of hydrogen-bond acceptors (Lipinski definition) is 4. The minimum atomic E-state index is -5.27. The van der Waals surface area contributed by atoms with Crippen LogP contribution in [0.15, 0.2) is 11.1 Å². The van der Waals surface area contributed by atoms with Crippen molar-refractivity contribution in [3.05, 3.63) is 17.3 Å². The SMILES string of the molecule is O=S(=O)(Cl)c1cc(C(F)F)c(OC(F)(F)F)c(CCl)n1. The Bertz CT molecular complexity index is 605. The van der Waals surface area contributed by atoms with Crippen molar-refractivity contribution in [3.8, 4) is 5.75 Å². The topological polar surface area (TPSA) is 56.3 Å². The molecule has 0 N–H and O–H groups in total. The molecule has 1 heterocycles. The smallest absolute Gasteiger partial charge is 0.403 e. The van der Waals surface area contributed by atoms with E-state index in [-0.39, 0.29) is 6.07 Å². The minimum Gasteiger partial charge on any atom is -0.403 e. The van der Waals surface area contributed by atoms with Gasteiger partial charge in [-0.05, 0) is 6.07 Å². The molecule has 0 radical (unpaired) electrons. The molecule has 0 fully saturated rings. The lowest BCUT2D eigenvalue weighted by atomic mass is 10.2. The summed E-state index contributed by atoms with van der Waals surface area (Å²) in [6.07, 6.45) is -8.72. The molecule has 0 amide bonds. The van der Waals surface area contributed by atoms with Gasteiger partial charge in [-0.3, -0.25) is 0 Å². The van der Waals surface area contributed by atoms with E-state index in [2.05, 4.69) is 9.72 Å². The average Bonchev–Trinajstić information content (AvgIpc) is 2.25.